The van der Waals surface area contributed by atoms with E-state index in [1.807, 2.05) is 29.2 Å². The van der Waals surface area contributed by atoms with E-state index in [2.05, 4.69) is 29.6 Å². The smallest absolute Gasteiger partial charge is 0.407 e. The second-order valence-electron chi connectivity index (χ2n) is 9.94. The summed E-state index contributed by atoms with van der Waals surface area (Å²) in [5.41, 5.74) is 4.73. The maximum absolute atomic E-state index is 13.1. The predicted molar refractivity (Wildman–Crippen MR) is 131 cm³/mol. The largest absolute Gasteiger partial charge is 0.481 e. The molecule has 0 aromatic heterocycles. The standard InChI is InChI=1S/C28H32N2O5/c31-26(30-14-12-18(13-15-30)27(32)33)20-11-5-6-19(20)16-29-28(34)35-17-25-23-9-3-1-7-21(23)22-8-2-4-10-24(22)25/h1-4,7-10,18-20,25H,5-6,11-17H2,(H,29,34)(H,32,33)/t19-,20-/m0/s1. The van der Waals surface area contributed by atoms with Crippen LogP contribution < -0.4 is 5.32 Å². The van der Waals surface area contributed by atoms with Crippen molar-refractivity contribution < 1.29 is 24.2 Å². The summed E-state index contributed by atoms with van der Waals surface area (Å²) in [6.07, 6.45) is 3.24. The number of fused-ring (bicyclic) bond motifs is 3. The van der Waals surface area contributed by atoms with Crippen LogP contribution in [0.25, 0.3) is 11.1 Å². The Morgan fingerprint density at radius 2 is 1.54 bits per heavy atom. The summed E-state index contributed by atoms with van der Waals surface area (Å²) in [5, 5.41) is 12.1. The van der Waals surface area contributed by atoms with Crippen LogP contribution in [0.1, 0.15) is 49.1 Å². The number of benzene rings is 2. The fraction of sp³-hybridized carbons (Fsp3) is 0.464. The fourth-order valence-corrected chi connectivity index (χ4v) is 6.05. The van der Waals surface area contributed by atoms with E-state index in [0.29, 0.717) is 32.5 Å². The molecule has 2 amide bonds. The molecule has 1 saturated carbocycles. The van der Waals surface area contributed by atoms with E-state index in [1.54, 1.807) is 0 Å². The van der Waals surface area contributed by atoms with Gasteiger partial charge >= 0.3 is 12.1 Å². The van der Waals surface area contributed by atoms with E-state index in [0.717, 1.165) is 19.3 Å². The van der Waals surface area contributed by atoms with Gasteiger partial charge in [-0.25, -0.2) is 4.79 Å². The molecular formula is C28H32N2O5. The van der Waals surface area contributed by atoms with Gasteiger partial charge in [-0.2, -0.15) is 0 Å². The Hall–Kier alpha value is -3.35. The Bertz CT molecular complexity index is 1060. The molecule has 3 aliphatic rings. The van der Waals surface area contributed by atoms with Gasteiger partial charge in [-0.05, 0) is 53.9 Å². The lowest BCUT2D eigenvalue weighted by Crippen LogP contribution is -2.45. The summed E-state index contributed by atoms with van der Waals surface area (Å²) in [6.45, 7) is 1.68. The number of aliphatic carboxylic acids is 1. The van der Waals surface area contributed by atoms with Crippen molar-refractivity contribution in [1.29, 1.82) is 0 Å². The maximum Gasteiger partial charge on any atom is 0.407 e. The SMILES string of the molecule is O=C(NC[C@@H]1CCC[C@@H]1C(=O)N1CCC(C(=O)O)CC1)OCC1c2ccccc2-c2ccccc21. The van der Waals surface area contributed by atoms with Gasteiger partial charge in [0.25, 0.3) is 0 Å². The molecule has 0 spiro atoms. The molecule has 35 heavy (non-hydrogen) atoms. The number of ether oxygens (including phenoxy) is 1. The average molecular weight is 477 g/mol. The summed E-state index contributed by atoms with van der Waals surface area (Å²) in [7, 11) is 0. The first-order valence-corrected chi connectivity index (χ1v) is 12.6. The lowest BCUT2D eigenvalue weighted by Gasteiger charge is -2.33. The van der Waals surface area contributed by atoms with Crippen LogP contribution in [-0.4, -0.2) is 54.2 Å². The van der Waals surface area contributed by atoms with Crippen LogP contribution in [0.15, 0.2) is 48.5 Å². The lowest BCUT2D eigenvalue weighted by molar-refractivity contribution is -0.147. The number of alkyl carbamates (subject to hydrolysis) is 1. The van der Waals surface area contributed by atoms with Gasteiger partial charge in [-0.15, -0.1) is 0 Å². The first-order valence-electron chi connectivity index (χ1n) is 12.6. The number of likely N-dealkylation sites (tertiary alicyclic amines) is 1. The van der Waals surface area contributed by atoms with Gasteiger partial charge in [0.2, 0.25) is 5.91 Å². The third kappa shape index (κ3) is 4.77. The summed E-state index contributed by atoms with van der Waals surface area (Å²) in [5.74, 6) is -1.05. The molecule has 7 heteroatoms. The normalized spacial score (nSPS) is 21.9. The van der Waals surface area contributed by atoms with Gasteiger partial charge in [0, 0.05) is 31.5 Å². The van der Waals surface area contributed by atoms with Crippen LogP contribution in [0.4, 0.5) is 4.79 Å². The molecule has 2 fully saturated rings. The molecule has 2 aromatic rings. The highest BCUT2D eigenvalue weighted by molar-refractivity contribution is 5.80. The fourth-order valence-electron chi connectivity index (χ4n) is 6.05. The van der Waals surface area contributed by atoms with Gasteiger partial charge in [0.05, 0.1) is 5.92 Å². The first-order chi connectivity index (χ1) is 17.0. The molecule has 1 aliphatic heterocycles. The van der Waals surface area contributed by atoms with Crippen molar-refractivity contribution in [2.75, 3.05) is 26.2 Å². The van der Waals surface area contributed by atoms with Crippen molar-refractivity contribution in [3.63, 3.8) is 0 Å². The topological polar surface area (TPSA) is 95.9 Å². The van der Waals surface area contributed by atoms with Crippen molar-refractivity contribution in [2.24, 2.45) is 17.8 Å². The van der Waals surface area contributed by atoms with Gasteiger partial charge in [0.1, 0.15) is 6.61 Å². The molecule has 1 heterocycles. The third-order valence-electron chi connectivity index (χ3n) is 7.98. The molecule has 1 saturated heterocycles. The number of carboxylic acids is 1. The van der Waals surface area contributed by atoms with Crippen molar-refractivity contribution >= 4 is 18.0 Å². The van der Waals surface area contributed by atoms with Crippen LogP contribution >= 0.6 is 0 Å². The van der Waals surface area contributed by atoms with E-state index in [-0.39, 0.29) is 36.2 Å². The van der Waals surface area contributed by atoms with Crippen LogP contribution in [0, 0.1) is 17.8 Å². The predicted octanol–water partition coefficient (Wildman–Crippen LogP) is 4.26. The summed E-state index contributed by atoms with van der Waals surface area (Å²) >= 11 is 0. The molecule has 0 radical (unpaired) electrons. The second-order valence-corrected chi connectivity index (χ2v) is 9.94. The van der Waals surface area contributed by atoms with E-state index in [4.69, 9.17) is 4.74 Å². The minimum atomic E-state index is -0.775. The molecule has 184 valence electrons. The highest BCUT2D eigenvalue weighted by Gasteiger charge is 2.37. The molecule has 0 bridgehead atoms. The Labute approximate surface area is 205 Å². The van der Waals surface area contributed by atoms with E-state index >= 15 is 0 Å². The zero-order chi connectivity index (χ0) is 24.4. The van der Waals surface area contributed by atoms with Crippen LogP contribution in [0.2, 0.25) is 0 Å². The number of hydrogen-bond donors (Lipinski definition) is 2. The van der Waals surface area contributed by atoms with Crippen LogP contribution in [0.5, 0.6) is 0 Å². The zero-order valence-corrected chi connectivity index (χ0v) is 19.8. The number of carboxylic acid groups (broad SMARTS) is 1. The van der Waals surface area contributed by atoms with Gasteiger partial charge < -0.3 is 20.1 Å². The number of rotatable bonds is 6. The highest BCUT2D eigenvalue weighted by Crippen LogP contribution is 2.44. The molecule has 0 unspecified atom stereocenters. The monoisotopic (exact) mass is 476 g/mol. The lowest BCUT2D eigenvalue weighted by atomic mass is 9.91. The van der Waals surface area contributed by atoms with Gasteiger partial charge in [-0.1, -0.05) is 55.0 Å². The Balaban J connectivity index is 1.13. The van der Waals surface area contributed by atoms with Crippen molar-refractivity contribution in [3.8, 4) is 11.1 Å². The second kappa shape index (κ2) is 10.1. The maximum atomic E-state index is 13.1. The zero-order valence-electron chi connectivity index (χ0n) is 19.8. The summed E-state index contributed by atoms with van der Waals surface area (Å²) < 4.78 is 5.64. The third-order valence-corrected chi connectivity index (χ3v) is 7.98. The Kier molecular flexibility index (Phi) is 6.75. The number of nitrogens with zero attached hydrogens (tertiary/aromatic N) is 1. The van der Waals surface area contributed by atoms with Crippen molar-refractivity contribution in [3.05, 3.63) is 59.7 Å². The van der Waals surface area contributed by atoms with Crippen LogP contribution in [0.3, 0.4) is 0 Å². The molecule has 2 atom stereocenters. The minimum Gasteiger partial charge on any atom is -0.481 e. The highest BCUT2D eigenvalue weighted by atomic mass is 16.5. The van der Waals surface area contributed by atoms with Crippen LogP contribution in [-0.2, 0) is 14.3 Å². The van der Waals surface area contributed by atoms with Crippen molar-refractivity contribution in [1.82, 2.24) is 10.2 Å². The quantitative estimate of drug-likeness (QED) is 0.649. The summed E-state index contributed by atoms with van der Waals surface area (Å²) in [6, 6.07) is 16.5. The van der Waals surface area contributed by atoms with E-state index in [1.165, 1.54) is 22.3 Å². The Morgan fingerprint density at radius 3 is 2.17 bits per heavy atom. The molecule has 5 rings (SSSR count). The first kappa shape index (κ1) is 23.4. The van der Waals surface area contributed by atoms with Gasteiger partial charge in [-0.3, -0.25) is 9.59 Å². The number of amides is 2. The molecular weight excluding hydrogens is 444 g/mol. The number of nitrogens with one attached hydrogen (secondary N) is 1. The van der Waals surface area contributed by atoms with Crippen molar-refractivity contribution in [2.45, 2.75) is 38.0 Å². The average Bonchev–Trinajstić information content (AvgIpc) is 3.48. The Morgan fingerprint density at radius 1 is 0.914 bits per heavy atom. The van der Waals surface area contributed by atoms with Gasteiger partial charge in [0.15, 0.2) is 0 Å². The van der Waals surface area contributed by atoms with E-state index < -0.39 is 12.1 Å². The van der Waals surface area contributed by atoms with E-state index in [9.17, 15) is 19.5 Å². The molecule has 2 aromatic carbocycles. The number of carbonyl (C=O) groups excluding carboxylic acids is 2. The molecule has 2 N–H and O–H groups in total. The number of carbonyl (C=O) groups is 3. The number of piperidine rings is 1. The molecule has 2 aliphatic carbocycles. The summed E-state index contributed by atoms with van der Waals surface area (Å²) in [4.78, 5) is 38.7. The molecule has 7 nitrogen and oxygen atoms in total. The number of hydrogen-bond acceptors (Lipinski definition) is 4. The minimum absolute atomic E-state index is 0.0164.